The number of benzene rings is 3. The number of nitrogens with zero attached hydrogens (tertiary/aromatic N) is 1. The van der Waals surface area contributed by atoms with Gasteiger partial charge in [0.2, 0.25) is 0 Å². The highest BCUT2D eigenvalue weighted by molar-refractivity contribution is 7.92. The van der Waals surface area contributed by atoms with E-state index in [4.69, 9.17) is 9.47 Å². The molecule has 0 saturated heterocycles. The Balaban J connectivity index is 2.08. The maximum absolute atomic E-state index is 13.6. The van der Waals surface area contributed by atoms with E-state index in [1.54, 1.807) is 38.5 Å². The number of ether oxygens (including phenoxy) is 2. The van der Waals surface area contributed by atoms with Crippen LogP contribution in [0.2, 0.25) is 0 Å². The van der Waals surface area contributed by atoms with Gasteiger partial charge in [0.05, 0.1) is 31.3 Å². The molecule has 3 rings (SSSR count). The van der Waals surface area contributed by atoms with Crippen molar-refractivity contribution in [1.82, 2.24) is 0 Å². The van der Waals surface area contributed by atoms with Gasteiger partial charge in [0.1, 0.15) is 11.5 Å². The van der Waals surface area contributed by atoms with Crippen LogP contribution in [0.25, 0.3) is 0 Å². The van der Waals surface area contributed by atoms with E-state index < -0.39 is 10.0 Å². The second-order valence-corrected chi connectivity index (χ2v) is 9.11. The summed E-state index contributed by atoms with van der Waals surface area (Å²) >= 11 is 0. The SMILES string of the molecule is COc1ccc(S(=O)(=O)N(Cc2ccccc2OC)c2ccc(C(C)C)cc2)cc1. The van der Waals surface area contributed by atoms with Gasteiger partial charge in [-0.05, 0) is 53.9 Å². The normalized spacial score (nSPS) is 11.4. The summed E-state index contributed by atoms with van der Waals surface area (Å²) in [5.74, 6) is 1.61. The third-order valence-electron chi connectivity index (χ3n) is 5.00. The smallest absolute Gasteiger partial charge is 0.264 e. The molecule has 30 heavy (non-hydrogen) atoms. The number of para-hydroxylation sites is 1. The summed E-state index contributed by atoms with van der Waals surface area (Å²) in [4.78, 5) is 0.200. The molecule has 158 valence electrons. The Bertz CT molecular complexity index is 1070. The maximum atomic E-state index is 13.6. The molecule has 3 aromatic carbocycles. The van der Waals surface area contributed by atoms with E-state index in [0.717, 1.165) is 11.1 Å². The van der Waals surface area contributed by atoms with Crippen LogP contribution in [0.5, 0.6) is 11.5 Å². The van der Waals surface area contributed by atoms with Crippen molar-refractivity contribution in [2.75, 3.05) is 18.5 Å². The highest BCUT2D eigenvalue weighted by Crippen LogP contribution is 2.30. The molecule has 0 amide bonds. The Morgan fingerprint density at radius 2 is 1.47 bits per heavy atom. The standard InChI is InChI=1S/C24H27NO4S/c1-18(2)19-9-11-21(12-10-19)25(17-20-7-5-6-8-24(20)29-4)30(26,27)23-15-13-22(28-3)14-16-23/h5-16,18H,17H2,1-4H3. The first kappa shape index (κ1) is 21.7. The number of sulfonamides is 1. The molecule has 5 nitrogen and oxygen atoms in total. The summed E-state index contributed by atoms with van der Waals surface area (Å²) in [7, 11) is -0.682. The zero-order valence-electron chi connectivity index (χ0n) is 17.7. The van der Waals surface area contributed by atoms with Crippen LogP contribution in [-0.2, 0) is 16.6 Å². The fraction of sp³-hybridized carbons (Fsp3) is 0.250. The minimum atomic E-state index is -3.81. The fourth-order valence-electron chi connectivity index (χ4n) is 3.20. The predicted molar refractivity (Wildman–Crippen MR) is 120 cm³/mol. The van der Waals surface area contributed by atoms with Gasteiger partial charge in [-0.1, -0.05) is 44.2 Å². The van der Waals surface area contributed by atoms with Gasteiger partial charge >= 0.3 is 0 Å². The van der Waals surface area contributed by atoms with Crippen LogP contribution in [0, 0.1) is 0 Å². The van der Waals surface area contributed by atoms with Crippen molar-refractivity contribution in [2.45, 2.75) is 31.2 Å². The van der Waals surface area contributed by atoms with E-state index in [0.29, 0.717) is 23.1 Å². The van der Waals surface area contributed by atoms with Crippen LogP contribution >= 0.6 is 0 Å². The molecular formula is C24H27NO4S. The predicted octanol–water partition coefficient (Wildman–Crippen LogP) is 5.22. The quantitative estimate of drug-likeness (QED) is 0.496. The molecule has 0 N–H and O–H groups in total. The van der Waals surface area contributed by atoms with Gasteiger partial charge in [-0.15, -0.1) is 0 Å². The van der Waals surface area contributed by atoms with E-state index in [9.17, 15) is 8.42 Å². The molecule has 0 fully saturated rings. The second kappa shape index (κ2) is 9.22. The van der Waals surface area contributed by atoms with Crippen LogP contribution in [0.4, 0.5) is 5.69 Å². The van der Waals surface area contributed by atoms with Gasteiger partial charge in [-0.2, -0.15) is 0 Å². The molecule has 0 aliphatic heterocycles. The average Bonchev–Trinajstić information content (AvgIpc) is 2.77. The molecule has 0 bridgehead atoms. The third kappa shape index (κ3) is 4.60. The van der Waals surface area contributed by atoms with Gasteiger partial charge < -0.3 is 9.47 Å². The van der Waals surface area contributed by atoms with Gasteiger partial charge in [0, 0.05) is 5.56 Å². The summed E-state index contributed by atoms with van der Waals surface area (Å²) < 4.78 is 39.2. The number of anilines is 1. The van der Waals surface area contributed by atoms with E-state index >= 15 is 0 Å². The molecular weight excluding hydrogens is 398 g/mol. The molecule has 6 heteroatoms. The van der Waals surface area contributed by atoms with Crippen molar-refractivity contribution in [3.63, 3.8) is 0 Å². The minimum Gasteiger partial charge on any atom is -0.497 e. The molecule has 0 aliphatic rings. The van der Waals surface area contributed by atoms with Crippen molar-refractivity contribution >= 4 is 15.7 Å². The Labute approximate surface area is 178 Å². The average molecular weight is 426 g/mol. The first-order chi connectivity index (χ1) is 14.4. The summed E-state index contributed by atoms with van der Waals surface area (Å²) in [6, 6.07) is 21.5. The lowest BCUT2D eigenvalue weighted by atomic mass is 10.0. The minimum absolute atomic E-state index is 0.152. The first-order valence-electron chi connectivity index (χ1n) is 9.75. The van der Waals surface area contributed by atoms with Crippen LogP contribution in [0.1, 0.15) is 30.9 Å². The summed E-state index contributed by atoms with van der Waals surface area (Å²) in [5.41, 5.74) is 2.53. The van der Waals surface area contributed by atoms with E-state index in [-0.39, 0.29) is 11.4 Å². The molecule has 0 atom stereocenters. The lowest BCUT2D eigenvalue weighted by Gasteiger charge is -2.26. The van der Waals surface area contributed by atoms with Gasteiger partial charge in [0.25, 0.3) is 10.0 Å². The van der Waals surface area contributed by atoms with Crippen LogP contribution in [-0.4, -0.2) is 22.6 Å². The largest absolute Gasteiger partial charge is 0.497 e. The maximum Gasteiger partial charge on any atom is 0.264 e. The fourth-order valence-corrected chi connectivity index (χ4v) is 4.65. The number of hydrogen-bond acceptors (Lipinski definition) is 4. The van der Waals surface area contributed by atoms with E-state index in [2.05, 4.69) is 13.8 Å². The van der Waals surface area contributed by atoms with E-state index in [1.165, 1.54) is 4.31 Å². The summed E-state index contributed by atoms with van der Waals surface area (Å²) in [5, 5.41) is 0. The molecule has 0 aromatic heterocycles. The number of rotatable bonds is 8. The van der Waals surface area contributed by atoms with Crippen molar-refractivity contribution in [1.29, 1.82) is 0 Å². The van der Waals surface area contributed by atoms with Crippen LogP contribution < -0.4 is 13.8 Å². The summed E-state index contributed by atoms with van der Waals surface area (Å²) in [6.07, 6.45) is 0. The van der Waals surface area contributed by atoms with E-state index in [1.807, 2.05) is 48.5 Å². The van der Waals surface area contributed by atoms with Crippen LogP contribution in [0.15, 0.2) is 77.7 Å². The lowest BCUT2D eigenvalue weighted by Crippen LogP contribution is -2.30. The first-order valence-corrected chi connectivity index (χ1v) is 11.2. The zero-order chi connectivity index (χ0) is 21.7. The van der Waals surface area contributed by atoms with Crippen molar-refractivity contribution in [3.05, 3.63) is 83.9 Å². The second-order valence-electron chi connectivity index (χ2n) is 7.25. The van der Waals surface area contributed by atoms with Crippen molar-refractivity contribution < 1.29 is 17.9 Å². The third-order valence-corrected chi connectivity index (χ3v) is 6.79. The molecule has 0 radical (unpaired) electrons. The topological polar surface area (TPSA) is 55.8 Å². The highest BCUT2D eigenvalue weighted by atomic mass is 32.2. The Hall–Kier alpha value is -2.99. The zero-order valence-corrected chi connectivity index (χ0v) is 18.5. The Kier molecular flexibility index (Phi) is 6.67. The summed E-state index contributed by atoms with van der Waals surface area (Å²) in [6.45, 7) is 4.37. The monoisotopic (exact) mass is 425 g/mol. The highest BCUT2D eigenvalue weighted by Gasteiger charge is 2.26. The molecule has 0 heterocycles. The van der Waals surface area contributed by atoms with Gasteiger partial charge in [-0.3, -0.25) is 4.31 Å². The van der Waals surface area contributed by atoms with Crippen molar-refractivity contribution in [2.24, 2.45) is 0 Å². The molecule has 0 saturated carbocycles. The lowest BCUT2D eigenvalue weighted by molar-refractivity contribution is 0.410. The molecule has 3 aromatic rings. The number of methoxy groups -OCH3 is 2. The number of hydrogen-bond donors (Lipinski definition) is 0. The Morgan fingerprint density at radius 3 is 2.03 bits per heavy atom. The molecule has 0 unspecified atom stereocenters. The molecule has 0 spiro atoms. The Morgan fingerprint density at radius 1 is 0.833 bits per heavy atom. The van der Waals surface area contributed by atoms with Gasteiger partial charge in [-0.25, -0.2) is 8.42 Å². The van der Waals surface area contributed by atoms with Crippen LogP contribution in [0.3, 0.4) is 0 Å². The van der Waals surface area contributed by atoms with Crippen molar-refractivity contribution in [3.8, 4) is 11.5 Å². The van der Waals surface area contributed by atoms with Gasteiger partial charge in [0.15, 0.2) is 0 Å². The molecule has 0 aliphatic carbocycles.